The first-order chi connectivity index (χ1) is 8.93. The van der Waals surface area contributed by atoms with Crippen LogP contribution in [0, 0.1) is 6.92 Å². The van der Waals surface area contributed by atoms with E-state index in [1.54, 1.807) is 0 Å². The molecule has 1 atom stereocenters. The van der Waals surface area contributed by atoms with Crippen molar-refractivity contribution in [1.29, 1.82) is 0 Å². The van der Waals surface area contributed by atoms with Crippen LogP contribution in [-0.2, 0) is 0 Å². The van der Waals surface area contributed by atoms with Gasteiger partial charge >= 0.3 is 0 Å². The minimum absolute atomic E-state index is 0.0515. The second-order valence-electron chi connectivity index (χ2n) is 6.21. The van der Waals surface area contributed by atoms with Crippen molar-refractivity contribution in [2.75, 3.05) is 40.3 Å². The average Bonchev–Trinajstić information content (AvgIpc) is 2.76. The zero-order chi connectivity index (χ0) is 14.0. The maximum absolute atomic E-state index is 5.90. The van der Waals surface area contributed by atoms with Crippen molar-refractivity contribution in [3.05, 3.63) is 23.7 Å². The average molecular weight is 265 g/mol. The molecule has 4 heteroatoms. The molecular weight excluding hydrogens is 238 g/mol. The lowest BCUT2D eigenvalue weighted by Gasteiger charge is -2.47. The molecule has 19 heavy (non-hydrogen) atoms. The Bertz CT molecular complexity index is 405. The Morgan fingerprint density at radius 1 is 1.26 bits per heavy atom. The molecule has 1 saturated heterocycles. The predicted molar refractivity (Wildman–Crippen MR) is 78.4 cm³/mol. The highest BCUT2D eigenvalue weighted by Crippen LogP contribution is 2.35. The predicted octanol–water partition coefficient (Wildman–Crippen LogP) is 1.87. The summed E-state index contributed by atoms with van der Waals surface area (Å²) < 4.78 is 5.90. The number of likely N-dealkylation sites (N-methyl/N-ethyl adjacent to an activating group) is 1. The van der Waals surface area contributed by atoms with E-state index in [1.807, 2.05) is 6.92 Å². The molecule has 0 aliphatic carbocycles. The number of aryl methyl sites for hydroxylation is 1. The Hall–Kier alpha value is -0.840. The summed E-state index contributed by atoms with van der Waals surface area (Å²) in [5, 5.41) is 3.42. The second kappa shape index (κ2) is 5.65. The summed E-state index contributed by atoms with van der Waals surface area (Å²) in [5.74, 6) is 2.05. The molecule has 0 spiro atoms. The molecule has 0 saturated carbocycles. The Morgan fingerprint density at radius 3 is 2.37 bits per heavy atom. The van der Waals surface area contributed by atoms with Crippen LogP contribution in [0.2, 0.25) is 0 Å². The smallest absolute Gasteiger partial charge is 0.123 e. The quantitative estimate of drug-likeness (QED) is 0.901. The summed E-state index contributed by atoms with van der Waals surface area (Å²) in [5.41, 5.74) is 0.0515. The summed E-state index contributed by atoms with van der Waals surface area (Å²) in [4.78, 5) is 4.83. The van der Waals surface area contributed by atoms with E-state index in [0.717, 1.165) is 37.7 Å². The van der Waals surface area contributed by atoms with E-state index in [4.69, 9.17) is 4.42 Å². The lowest BCUT2D eigenvalue weighted by atomic mass is 9.89. The fourth-order valence-electron chi connectivity index (χ4n) is 3.25. The molecule has 0 aromatic carbocycles. The van der Waals surface area contributed by atoms with Crippen molar-refractivity contribution in [3.63, 3.8) is 0 Å². The number of nitrogens with one attached hydrogen (secondary N) is 1. The molecule has 2 rings (SSSR count). The third kappa shape index (κ3) is 3.02. The first-order valence-corrected chi connectivity index (χ1v) is 7.11. The van der Waals surface area contributed by atoms with Crippen LogP contribution < -0.4 is 5.32 Å². The Balaban J connectivity index is 2.26. The first kappa shape index (κ1) is 14.6. The monoisotopic (exact) mass is 265 g/mol. The van der Waals surface area contributed by atoms with Gasteiger partial charge in [0.1, 0.15) is 11.5 Å². The van der Waals surface area contributed by atoms with Gasteiger partial charge in [-0.2, -0.15) is 0 Å². The van der Waals surface area contributed by atoms with Crippen LogP contribution in [-0.4, -0.2) is 55.6 Å². The molecule has 1 fully saturated rings. The maximum atomic E-state index is 5.90. The molecule has 0 radical (unpaired) electrons. The van der Waals surface area contributed by atoms with Gasteiger partial charge in [0.05, 0.1) is 6.04 Å². The Labute approximate surface area is 116 Å². The van der Waals surface area contributed by atoms with Gasteiger partial charge in [0, 0.05) is 31.7 Å². The molecule has 108 valence electrons. The van der Waals surface area contributed by atoms with Crippen molar-refractivity contribution >= 4 is 0 Å². The summed E-state index contributed by atoms with van der Waals surface area (Å²) in [7, 11) is 4.26. The number of piperazine rings is 1. The van der Waals surface area contributed by atoms with Crippen LogP contribution in [0.3, 0.4) is 0 Å². The van der Waals surface area contributed by atoms with E-state index in [-0.39, 0.29) is 11.6 Å². The summed E-state index contributed by atoms with van der Waals surface area (Å²) in [6.45, 7) is 11.0. The van der Waals surface area contributed by atoms with Crippen molar-refractivity contribution < 1.29 is 4.42 Å². The normalized spacial score (nSPS) is 19.9. The molecule has 1 N–H and O–H groups in total. The maximum Gasteiger partial charge on any atom is 0.123 e. The van der Waals surface area contributed by atoms with Gasteiger partial charge in [0.15, 0.2) is 0 Å². The fraction of sp³-hybridized carbons (Fsp3) is 0.733. The third-order valence-corrected chi connectivity index (χ3v) is 4.15. The minimum Gasteiger partial charge on any atom is -0.465 e. The van der Waals surface area contributed by atoms with Crippen LogP contribution in [0.4, 0.5) is 0 Å². The highest BCUT2D eigenvalue weighted by atomic mass is 16.3. The van der Waals surface area contributed by atoms with Crippen molar-refractivity contribution in [2.24, 2.45) is 0 Å². The van der Waals surface area contributed by atoms with Gasteiger partial charge in [-0.15, -0.1) is 0 Å². The summed E-state index contributed by atoms with van der Waals surface area (Å²) in [6.07, 6.45) is 0. The molecule has 2 heterocycles. The van der Waals surface area contributed by atoms with Crippen LogP contribution in [0.25, 0.3) is 0 Å². The van der Waals surface area contributed by atoms with E-state index in [9.17, 15) is 0 Å². The lowest BCUT2D eigenvalue weighted by molar-refractivity contribution is 0.0195. The van der Waals surface area contributed by atoms with Crippen LogP contribution in [0.1, 0.15) is 31.4 Å². The number of rotatable bonds is 4. The van der Waals surface area contributed by atoms with Crippen molar-refractivity contribution in [3.8, 4) is 0 Å². The van der Waals surface area contributed by atoms with E-state index >= 15 is 0 Å². The van der Waals surface area contributed by atoms with Gasteiger partial charge < -0.3 is 9.73 Å². The SMILES string of the molecule is Cc1ccc(C(N(C)C)C(C)(C)N2CCNCC2)o1. The number of furan rings is 1. The van der Waals surface area contributed by atoms with Crippen LogP contribution >= 0.6 is 0 Å². The molecule has 0 amide bonds. The van der Waals surface area contributed by atoms with E-state index in [1.165, 1.54) is 0 Å². The molecule has 4 nitrogen and oxygen atoms in total. The van der Waals surface area contributed by atoms with Gasteiger partial charge in [-0.25, -0.2) is 0 Å². The first-order valence-electron chi connectivity index (χ1n) is 7.11. The molecule has 1 aromatic heterocycles. The molecule has 1 unspecified atom stereocenters. The second-order valence-corrected chi connectivity index (χ2v) is 6.21. The van der Waals surface area contributed by atoms with Crippen molar-refractivity contribution in [1.82, 2.24) is 15.1 Å². The van der Waals surface area contributed by atoms with Gasteiger partial charge in [-0.1, -0.05) is 0 Å². The van der Waals surface area contributed by atoms with Gasteiger partial charge in [-0.3, -0.25) is 9.80 Å². The van der Waals surface area contributed by atoms with Crippen LogP contribution in [0.15, 0.2) is 16.5 Å². The molecule has 1 aliphatic rings. The lowest BCUT2D eigenvalue weighted by Crippen LogP contribution is -2.58. The fourth-order valence-corrected chi connectivity index (χ4v) is 3.25. The Morgan fingerprint density at radius 2 is 1.89 bits per heavy atom. The van der Waals surface area contributed by atoms with Gasteiger partial charge in [0.25, 0.3) is 0 Å². The van der Waals surface area contributed by atoms with E-state index < -0.39 is 0 Å². The van der Waals surface area contributed by atoms with Gasteiger partial charge in [-0.05, 0) is 47.0 Å². The highest BCUT2D eigenvalue weighted by Gasteiger charge is 2.39. The zero-order valence-electron chi connectivity index (χ0n) is 12.9. The molecular formula is C15H27N3O. The highest BCUT2D eigenvalue weighted by molar-refractivity contribution is 5.15. The van der Waals surface area contributed by atoms with Gasteiger partial charge in [0.2, 0.25) is 0 Å². The number of nitrogens with zero attached hydrogens (tertiary/aromatic N) is 2. The third-order valence-electron chi connectivity index (χ3n) is 4.15. The molecule has 1 aromatic rings. The number of hydrogen-bond donors (Lipinski definition) is 1. The Kier molecular flexibility index (Phi) is 4.33. The van der Waals surface area contributed by atoms with E-state index in [0.29, 0.717) is 0 Å². The minimum atomic E-state index is 0.0515. The summed E-state index contributed by atoms with van der Waals surface area (Å²) >= 11 is 0. The molecule has 1 aliphatic heterocycles. The largest absolute Gasteiger partial charge is 0.465 e. The molecule has 0 bridgehead atoms. The topological polar surface area (TPSA) is 31.6 Å². The standard InChI is InChI=1S/C15H27N3O/c1-12-6-7-13(19-12)14(17(4)5)15(2,3)18-10-8-16-9-11-18/h6-7,14,16H,8-11H2,1-5H3. The van der Waals surface area contributed by atoms with Crippen molar-refractivity contribution in [2.45, 2.75) is 32.4 Å². The summed E-state index contributed by atoms with van der Waals surface area (Å²) in [6, 6.07) is 4.43. The number of hydrogen-bond acceptors (Lipinski definition) is 4. The van der Waals surface area contributed by atoms with E-state index in [2.05, 4.69) is 55.2 Å². The zero-order valence-corrected chi connectivity index (χ0v) is 12.9. The van der Waals surface area contributed by atoms with Crippen LogP contribution in [0.5, 0.6) is 0 Å².